The van der Waals surface area contributed by atoms with Crippen LogP contribution >= 0.6 is 11.6 Å². The molecule has 1 amide bonds. The first-order valence-corrected chi connectivity index (χ1v) is 7.93. The van der Waals surface area contributed by atoms with Gasteiger partial charge in [0.1, 0.15) is 0 Å². The minimum Gasteiger partial charge on any atom is -0.326 e. The SMILES string of the molecule is O=C(Nc1ccc(Cl)cc1)C1CCCS(=O)(=O)C1. The Kier molecular flexibility index (Phi) is 3.92. The highest BCUT2D eigenvalue weighted by Crippen LogP contribution is 2.21. The van der Waals surface area contributed by atoms with Crippen LogP contribution in [-0.4, -0.2) is 25.8 Å². The third-order valence-corrected chi connectivity index (χ3v) is 5.02. The molecule has 1 unspecified atom stereocenters. The summed E-state index contributed by atoms with van der Waals surface area (Å²) in [5.41, 5.74) is 0.632. The number of anilines is 1. The molecule has 1 N–H and O–H groups in total. The number of benzene rings is 1. The molecule has 4 nitrogen and oxygen atoms in total. The summed E-state index contributed by atoms with van der Waals surface area (Å²) in [6, 6.07) is 6.73. The molecule has 0 bridgehead atoms. The van der Waals surface area contributed by atoms with Gasteiger partial charge in [0.05, 0.1) is 17.4 Å². The third kappa shape index (κ3) is 3.46. The molecule has 18 heavy (non-hydrogen) atoms. The van der Waals surface area contributed by atoms with E-state index in [1.165, 1.54) is 0 Å². The van der Waals surface area contributed by atoms with Crippen molar-refractivity contribution in [3.63, 3.8) is 0 Å². The van der Waals surface area contributed by atoms with Crippen molar-refractivity contribution >= 4 is 33.0 Å². The van der Waals surface area contributed by atoms with Gasteiger partial charge < -0.3 is 5.32 Å². The van der Waals surface area contributed by atoms with E-state index in [2.05, 4.69) is 5.32 Å². The van der Waals surface area contributed by atoms with Gasteiger partial charge in [-0.3, -0.25) is 4.79 Å². The van der Waals surface area contributed by atoms with Gasteiger partial charge in [-0.15, -0.1) is 0 Å². The summed E-state index contributed by atoms with van der Waals surface area (Å²) in [5, 5.41) is 3.31. The van der Waals surface area contributed by atoms with E-state index >= 15 is 0 Å². The Balaban J connectivity index is 2.01. The Bertz CT molecular complexity index is 539. The molecular formula is C12H14ClNO3S. The maximum atomic E-state index is 11.9. The lowest BCUT2D eigenvalue weighted by molar-refractivity contribution is -0.119. The number of carbonyl (C=O) groups excluding carboxylic acids is 1. The van der Waals surface area contributed by atoms with Crippen LogP contribution in [0.4, 0.5) is 5.69 Å². The topological polar surface area (TPSA) is 63.2 Å². The fourth-order valence-corrected chi connectivity index (χ4v) is 3.84. The molecule has 6 heteroatoms. The first-order valence-electron chi connectivity index (χ1n) is 5.73. The minimum absolute atomic E-state index is 0.0492. The number of hydrogen-bond donors (Lipinski definition) is 1. The molecule has 1 aliphatic rings. The van der Waals surface area contributed by atoms with Gasteiger partial charge in [0.2, 0.25) is 5.91 Å². The molecular weight excluding hydrogens is 274 g/mol. The number of rotatable bonds is 2. The lowest BCUT2D eigenvalue weighted by Gasteiger charge is -2.21. The van der Waals surface area contributed by atoms with Crippen molar-refractivity contribution in [2.75, 3.05) is 16.8 Å². The van der Waals surface area contributed by atoms with Gasteiger partial charge in [-0.2, -0.15) is 0 Å². The summed E-state index contributed by atoms with van der Waals surface area (Å²) in [7, 11) is -3.06. The lowest BCUT2D eigenvalue weighted by Crippen LogP contribution is -2.34. The molecule has 0 aliphatic carbocycles. The summed E-state index contributed by atoms with van der Waals surface area (Å²) in [6.45, 7) is 0. The van der Waals surface area contributed by atoms with Gasteiger partial charge in [0.15, 0.2) is 9.84 Å². The van der Waals surface area contributed by atoms with Crippen LogP contribution in [0.3, 0.4) is 0 Å². The number of amides is 1. The number of hydrogen-bond acceptors (Lipinski definition) is 3. The fourth-order valence-electron chi connectivity index (χ4n) is 2.01. The molecule has 1 aromatic carbocycles. The predicted octanol–water partition coefficient (Wildman–Crippen LogP) is 2.10. The standard InChI is InChI=1S/C12H14ClNO3S/c13-10-3-5-11(6-4-10)14-12(15)9-2-1-7-18(16,17)8-9/h3-6,9H,1-2,7-8H2,(H,14,15). The van der Waals surface area contributed by atoms with E-state index in [1.807, 2.05) is 0 Å². The van der Waals surface area contributed by atoms with Crippen LogP contribution in [0, 0.1) is 5.92 Å². The first kappa shape index (κ1) is 13.4. The van der Waals surface area contributed by atoms with Crippen molar-refractivity contribution in [3.8, 4) is 0 Å². The zero-order valence-corrected chi connectivity index (χ0v) is 11.3. The molecule has 1 heterocycles. The van der Waals surface area contributed by atoms with E-state index in [0.717, 1.165) is 0 Å². The van der Waals surface area contributed by atoms with Crippen molar-refractivity contribution in [3.05, 3.63) is 29.3 Å². The van der Waals surface area contributed by atoms with Crippen LogP contribution in [0.25, 0.3) is 0 Å². The highest BCUT2D eigenvalue weighted by Gasteiger charge is 2.29. The summed E-state index contributed by atoms with van der Waals surface area (Å²) in [5.74, 6) is -0.538. The highest BCUT2D eigenvalue weighted by atomic mass is 35.5. The molecule has 1 atom stereocenters. The van der Waals surface area contributed by atoms with Gasteiger partial charge in [-0.25, -0.2) is 8.42 Å². The summed E-state index contributed by atoms with van der Waals surface area (Å²) < 4.78 is 22.9. The monoisotopic (exact) mass is 287 g/mol. The maximum Gasteiger partial charge on any atom is 0.228 e. The van der Waals surface area contributed by atoms with Gasteiger partial charge in [0, 0.05) is 10.7 Å². The fraction of sp³-hybridized carbons (Fsp3) is 0.417. The van der Waals surface area contributed by atoms with E-state index in [-0.39, 0.29) is 17.4 Å². The predicted molar refractivity (Wildman–Crippen MR) is 71.5 cm³/mol. The zero-order valence-electron chi connectivity index (χ0n) is 9.73. The Morgan fingerprint density at radius 1 is 1.28 bits per heavy atom. The molecule has 0 radical (unpaired) electrons. The quantitative estimate of drug-likeness (QED) is 0.906. The molecule has 1 aromatic rings. The molecule has 98 valence electrons. The van der Waals surface area contributed by atoms with Gasteiger partial charge in [-0.05, 0) is 37.1 Å². The normalized spacial score (nSPS) is 22.4. The first-order chi connectivity index (χ1) is 8.46. The average molecular weight is 288 g/mol. The van der Waals surface area contributed by atoms with Crippen molar-refractivity contribution in [2.45, 2.75) is 12.8 Å². The van der Waals surface area contributed by atoms with Gasteiger partial charge >= 0.3 is 0 Å². The number of sulfone groups is 1. The molecule has 1 saturated heterocycles. The summed E-state index contributed by atoms with van der Waals surface area (Å²) in [6.07, 6.45) is 1.18. The highest BCUT2D eigenvalue weighted by molar-refractivity contribution is 7.91. The summed E-state index contributed by atoms with van der Waals surface area (Å²) in [4.78, 5) is 11.9. The van der Waals surface area contributed by atoms with Crippen molar-refractivity contribution in [2.24, 2.45) is 5.92 Å². The maximum absolute atomic E-state index is 11.9. The van der Waals surface area contributed by atoms with Crippen molar-refractivity contribution in [1.82, 2.24) is 0 Å². The zero-order chi connectivity index (χ0) is 13.2. The van der Waals surface area contributed by atoms with Crippen LogP contribution in [0.2, 0.25) is 5.02 Å². The Labute approximate surface area is 111 Å². The molecule has 0 spiro atoms. The van der Waals surface area contributed by atoms with E-state index < -0.39 is 15.8 Å². The smallest absolute Gasteiger partial charge is 0.228 e. The van der Waals surface area contributed by atoms with Crippen molar-refractivity contribution < 1.29 is 13.2 Å². The lowest BCUT2D eigenvalue weighted by atomic mass is 10.0. The van der Waals surface area contributed by atoms with Crippen LogP contribution < -0.4 is 5.32 Å². The largest absolute Gasteiger partial charge is 0.326 e. The van der Waals surface area contributed by atoms with Crippen LogP contribution in [0.1, 0.15) is 12.8 Å². The average Bonchev–Trinajstić information content (AvgIpc) is 2.31. The minimum atomic E-state index is -3.06. The van der Waals surface area contributed by atoms with E-state index in [1.54, 1.807) is 24.3 Å². The van der Waals surface area contributed by atoms with Gasteiger partial charge in [0.25, 0.3) is 0 Å². The molecule has 0 saturated carbocycles. The third-order valence-electron chi connectivity index (χ3n) is 2.95. The number of carbonyl (C=O) groups is 1. The Hall–Kier alpha value is -1.07. The van der Waals surface area contributed by atoms with E-state index in [0.29, 0.717) is 23.6 Å². The molecule has 1 fully saturated rings. The van der Waals surface area contributed by atoms with Crippen LogP contribution in [-0.2, 0) is 14.6 Å². The molecule has 2 rings (SSSR count). The second kappa shape index (κ2) is 5.28. The number of halogens is 1. The van der Waals surface area contributed by atoms with E-state index in [4.69, 9.17) is 11.6 Å². The van der Waals surface area contributed by atoms with Gasteiger partial charge in [-0.1, -0.05) is 11.6 Å². The molecule has 0 aromatic heterocycles. The Morgan fingerprint density at radius 2 is 1.94 bits per heavy atom. The second-order valence-corrected chi connectivity index (χ2v) is 7.11. The van der Waals surface area contributed by atoms with Crippen LogP contribution in [0.5, 0.6) is 0 Å². The summed E-state index contributed by atoms with van der Waals surface area (Å²) >= 11 is 5.74. The second-order valence-electron chi connectivity index (χ2n) is 4.45. The Morgan fingerprint density at radius 3 is 2.56 bits per heavy atom. The van der Waals surface area contributed by atoms with Crippen molar-refractivity contribution in [1.29, 1.82) is 0 Å². The van der Waals surface area contributed by atoms with Crippen LogP contribution in [0.15, 0.2) is 24.3 Å². The van der Waals surface area contributed by atoms with E-state index in [9.17, 15) is 13.2 Å². The number of nitrogens with one attached hydrogen (secondary N) is 1. The molecule has 1 aliphatic heterocycles.